The first kappa shape index (κ1) is 15.1. The van der Waals surface area contributed by atoms with Crippen molar-refractivity contribution >= 4 is 27.6 Å². The van der Waals surface area contributed by atoms with Gasteiger partial charge in [0.15, 0.2) is 0 Å². The molecule has 19 heavy (non-hydrogen) atoms. The molecule has 1 rings (SSSR count). The second-order valence-electron chi connectivity index (χ2n) is 3.57. The van der Waals surface area contributed by atoms with E-state index in [4.69, 9.17) is 4.74 Å². The number of carbonyl (C=O) groups excluding carboxylic acids is 1. The number of halogens is 1. The first-order valence-electron chi connectivity index (χ1n) is 5.25. The number of hydrogen-bond acceptors (Lipinski definition) is 5. The Morgan fingerprint density at radius 1 is 1.58 bits per heavy atom. The van der Waals surface area contributed by atoms with Gasteiger partial charge in [-0.3, -0.25) is 14.9 Å². The molecular formula is C11H11BrN2O5. The average Bonchev–Trinajstić information content (AvgIpc) is 2.33. The van der Waals surface area contributed by atoms with E-state index < -0.39 is 22.0 Å². The number of nitro groups is 1. The zero-order valence-corrected chi connectivity index (χ0v) is 11.7. The molecule has 0 aromatic carbocycles. The summed E-state index contributed by atoms with van der Waals surface area (Å²) in [4.78, 5) is 32.8. The third kappa shape index (κ3) is 3.75. The number of nitrogens with zero attached hydrogens (tertiary/aromatic N) is 2. The molecular weight excluding hydrogens is 320 g/mol. The van der Waals surface area contributed by atoms with Crippen molar-refractivity contribution in [2.24, 2.45) is 0 Å². The zero-order chi connectivity index (χ0) is 14.6. The van der Waals surface area contributed by atoms with Gasteiger partial charge in [-0.05, 0) is 22.9 Å². The monoisotopic (exact) mass is 330 g/mol. The minimum absolute atomic E-state index is 0.00144. The highest BCUT2D eigenvalue weighted by atomic mass is 79.9. The molecule has 0 bridgehead atoms. The second kappa shape index (κ2) is 6.28. The lowest BCUT2D eigenvalue weighted by molar-refractivity contribution is -0.386. The predicted molar refractivity (Wildman–Crippen MR) is 70.8 cm³/mol. The topological polar surface area (TPSA) is 91.4 Å². The molecule has 0 unspecified atom stereocenters. The van der Waals surface area contributed by atoms with Crippen LogP contribution in [-0.2, 0) is 16.1 Å². The van der Waals surface area contributed by atoms with Crippen molar-refractivity contribution in [3.05, 3.63) is 49.4 Å². The molecule has 0 aliphatic heterocycles. The smallest absolute Gasteiger partial charge is 0.335 e. The van der Waals surface area contributed by atoms with Crippen LogP contribution in [0, 0.1) is 10.1 Å². The van der Waals surface area contributed by atoms with Gasteiger partial charge in [-0.2, -0.15) is 0 Å². The number of rotatable bonds is 5. The van der Waals surface area contributed by atoms with Crippen molar-refractivity contribution in [2.45, 2.75) is 13.5 Å². The van der Waals surface area contributed by atoms with Crippen LogP contribution in [-0.4, -0.2) is 22.1 Å². The van der Waals surface area contributed by atoms with Gasteiger partial charge < -0.3 is 9.30 Å². The molecule has 0 atom stereocenters. The Balaban J connectivity index is 3.03. The molecule has 7 nitrogen and oxygen atoms in total. The Morgan fingerprint density at radius 2 is 2.21 bits per heavy atom. The van der Waals surface area contributed by atoms with Gasteiger partial charge in [0.05, 0.1) is 28.7 Å². The van der Waals surface area contributed by atoms with E-state index >= 15 is 0 Å². The molecule has 1 heterocycles. The quantitative estimate of drug-likeness (QED) is 0.354. The first-order valence-corrected chi connectivity index (χ1v) is 6.05. The first-order chi connectivity index (χ1) is 8.86. The van der Waals surface area contributed by atoms with Gasteiger partial charge in [0, 0.05) is 11.8 Å². The predicted octanol–water partition coefficient (Wildman–Crippen LogP) is 1.64. The highest BCUT2D eigenvalue weighted by molar-refractivity contribution is 9.10. The summed E-state index contributed by atoms with van der Waals surface area (Å²) < 4.78 is 6.11. The summed E-state index contributed by atoms with van der Waals surface area (Å²) in [5.74, 6) is -0.583. The molecule has 0 saturated heterocycles. The number of pyridine rings is 1. The molecule has 1 aromatic heterocycles. The number of carbonyl (C=O) groups is 1. The summed E-state index contributed by atoms with van der Waals surface area (Å²) in [5.41, 5.74) is -1.17. The van der Waals surface area contributed by atoms with E-state index in [1.165, 1.54) is 10.8 Å². The number of aromatic nitrogens is 1. The van der Waals surface area contributed by atoms with Crippen LogP contribution in [0.5, 0.6) is 0 Å². The zero-order valence-electron chi connectivity index (χ0n) is 10.1. The van der Waals surface area contributed by atoms with Crippen molar-refractivity contribution < 1.29 is 14.5 Å². The van der Waals surface area contributed by atoms with Gasteiger partial charge in [0.25, 0.3) is 5.43 Å². The van der Waals surface area contributed by atoms with E-state index in [2.05, 4.69) is 22.5 Å². The van der Waals surface area contributed by atoms with Crippen LogP contribution in [0.25, 0.3) is 0 Å². The van der Waals surface area contributed by atoms with Gasteiger partial charge in [0.1, 0.15) is 0 Å². The summed E-state index contributed by atoms with van der Waals surface area (Å²) in [7, 11) is 0. The van der Waals surface area contributed by atoms with E-state index in [1.807, 2.05) is 0 Å². The molecule has 8 heteroatoms. The number of ether oxygens (including phenoxy) is 1. The molecule has 0 aliphatic carbocycles. The maximum atomic E-state index is 11.5. The van der Waals surface area contributed by atoms with Gasteiger partial charge >= 0.3 is 11.7 Å². The molecule has 102 valence electrons. The van der Waals surface area contributed by atoms with Gasteiger partial charge in [-0.15, -0.1) is 0 Å². The molecule has 0 saturated carbocycles. The van der Waals surface area contributed by atoms with Crippen LogP contribution in [0.4, 0.5) is 5.69 Å². The summed E-state index contributed by atoms with van der Waals surface area (Å²) >= 11 is 2.94. The maximum Gasteiger partial charge on any atom is 0.335 e. The highest BCUT2D eigenvalue weighted by Gasteiger charge is 2.17. The minimum Gasteiger partial charge on any atom is -0.463 e. The van der Waals surface area contributed by atoms with Crippen molar-refractivity contribution in [3.8, 4) is 0 Å². The SMILES string of the molecule is C=C(Cn1cc(Br)c(=O)c([N+](=O)[O-])c1)C(=O)OCC. The number of hydrogen-bond donors (Lipinski definition) is 0. The second-order valence-corrected chi connectivity index (χ2v) is 4.43. The standard InChI is InChI=1S/C11H11BrN2O5/c1-3-19-11(16)7(2)4-13-5-8(12)10(15)9(6-13)14(17)18/h5-6H,2-4H2,1H3. The van der Waals surface area contributed by atoms with Crippen LogP contribution in [0.3, 0.4) is 0 Å². The fourth-order valence-corrected chi connectivity index (χ4v) is 1.79. The van der Waals surface area contributed by atoms with E-state index in [1.54, 1.807) is 6.92 Å². The van der Waals surface area contributed by atoms with Crippen LogP contribution in [0.1, 0.15) is 6.92 Å². The van der Waals surface area contributed by atoms with E-state index in [9.17, 15) is 19.7 Å². The van der Waals surface area contributed by atoms with Gasteiger partial charge in [0.2, 0.25) is 0 Å². The fourth-order valence-electron chi connectivity index (χ4n) is 1.32. The van der Waals surface area contributed by atoms with Gasteiger partial charge in [-0.1, -0.05) is 6.58 Å². The van der Waals surface area contributed by atoms with Crippen molar-refractivity contribution in [1.82, 2.24) is 4.57 Å². The average molecular weight is 331 g/mol. The molecule has 0 spiro atoms. The van der Waals surface area contributed by atoms with Crippen LogP contribution in [0.2, 0.25) is 0 Å². The van der Waals surface area contributed by atoms with Gasteiger partial charge in [-0.25, -0.2) is 4.79 Å². The van der Waals surface area contributed by atoms with Crippen LogP contribution >= 0.6 is 15.9 Å². The Labute approximate surface area is 116 Å². The highest BCUT2D eigenvalue weighted by Crippen LogP contribution is 2.12. The number of esters is 1. The molecule has 0 aliphatic rings. The summed E-state index contributed by atoms with van der Waals surface area (Å²) in [6, 6.07) is 0. The molecule has 1 aromatic rings. The Morgan fingerprint density at radius 3 is 2.74 bits per heavy atom. The molecule has 0 amide bonds. The van der Waals surface area contributed by atoms with Crippen molar-refractivity contribution in [2.75, 3.05) is 6.61 Å². The normalized spacial score (nSPS) is 10.0. The van der Waals surface area contributed by atoms with Crippen molar-refractivity contribution in [3.63, 3.8) is 0 Å². The molecule has 0 radical (unpaired) electrons. The summed E-state index contributed by atoms with van der Waals surface area (Å²) in [6.07, 6.45) is 2.40. The third-order valence-electron chi connectivity index (χ3n) is 2.15. The lowest BCUT2D eigenvalue weighted by Gasteiger charge is -2.08. The van der Waals surface area contributed by atoms with Crippen molar-refractivity contribution in [1.29, 1.82) is 0 Å². The van der Waals surface area contributed by atoms with E-state index in [0.717, 1.165) is 6.20 Å². The maximum absolute atomic E-state index is 11.5. The third-order valence-corrected chi connectivity index (χ3v) is 2.72. The lowest BCUT2D eigenvalue weighted by Crippen LogP contribution is -2.16. The Bertz CT molecular complexity index is 593. The van der Waals surface area contributed by atoms with E-state index in [0.29, 0.717) is 0 Å². The van der Waals surface area contributed by atoms with Crippen LogP contribution in [0.15, 0.2) is 33.8 Å². The largest absolute Gasteiger partial charge is 0.463 e. The lowest BCUT2D eigenvalue weighted by atomic mass is 10.3. The summed E-state index contributed by atoms with van der Waals surface area (Å²) in [5, 5.41) is 10.7. The Hall–Kier alpha value is -1.96. The molecule has 0 fully saturated rings. The minimum atomic E-state index is -0.781. The Kier molecular flexibility index (Phi) is 4.99. The fraction of sp³-hybridized carbons (Fsp3) is 0.273. The van der Waals surface area contributed by atoms with E-state index in [-0.39, 0.29) is 23.2 Å². The molecule has 0 N–H and O–H groups in total. The summed E-state index contributed by atoms with van der Waals surface area (Å²) in [6.45, 7) is 5.41. The van der Waals surface area contributed by atoms with Crippen LogP contribution < -0.4 is 5.43 Å².